The fourth-order valence-corrected chi connectivity index (χ4v) is 3.70. The first-order valence-corrected chi connectivity index (χ1v) is 7.66. The zero-order valence-corrected chi connectivity index (χ0v) is 11.6. The quantitative estimate of drug-likeness (QED) is 0.650. The van der Waals surface area contributed by atoms with Gasteiger partial charge in [0.05, 0.1) is 0 Å². The zero-order valence-electron chi connectivity index (χ0n) is 10.8. The van der Waals surface area contributed by atoms with Gasteiger partial charge in [0.1, 0.15) is 5.82 Å². The Morgan fingerprint density at radius 1 is 1.44 bits per heavy atom. The molecule has 100 valence electrons. The van der Waals surface area contributed by atoms with Crippen molar-refractivity contribution in [3.8, 4) is 0 Å². The minimum absolute atomic E-state index is 0.136. The Kier molecular flexibility index (Phi) is 5.03. The van der Waals surface area contributed by atoms with E-state index in [0.717, 1.165) is 17.9 Å². The molecule has 1 aliphatic heterocycles. The molecule has 18 heavy (non-hydrogen) atoms. The van der Waals surface area contributed by atoms with Gasteiger partial charge in [-0.3, -0.25) is 11.3 Å². The standard InChI is InChI=1S/C14H21FN2S/c1-10-8-12(2-3-13(10)15)14(17-16)9-11-4-6-18-7-5-11/h2-3,8,11,14,17H,4-7,9,16H2,1H3. The molecule has 3 N–H and O–H groups in total. The topological polar surface area (TPSA) is 38.0 Å². The number of thioether (sulfide) groups is 1. The van der Waals surface area contributed by atoms with E-state index in [2.05, 4.69) is 5.43 Å². The van der Waals surface area contributed by atoms with Crippen molar-refractivity contribution in [1.82, 2.24) is 5.43 Å². The number of hydrogen-bond donors (Lipinski definition) is 2. The van der Waals surface area contributed by atoms with Crippen molar-refractivity contribution in [3.05, 3.63) is 35.1 Å². The van der Waals surface area contributed by atoms with E-state index < -0.39 is 0 Å². The first kappa shape index (κ1) is 13.8. The lowest BCUT2D eigenvalue weighted by Gasteiger charge is -2.26. The van der Waals surface area contributed by atoms with Crippen LogP contribution in [0, 0.1) is 18.7 Å². The summed E-state index contributed by atoms with van der Waals surface area (Å²) in [4.78, 5) is 0. The van der Waals surface area contributed by atoms with Gasteiger partial charge in [0.2, 0.25) is 0 Å². The van der Waals surface area contributed by atoms with E-state index in [1.807, 2.05) is 23.9 Å². The van der Waals surface area contributed by atoms with E-state index in [1.165, 1.54) is 30.4 Å². The van der Waals surface area contributed by atoms with Crippen LogP contribution in [0.2, 0.25) is 0 Å². The van der Waals surface area contributed by atoms with Gasteiger partial charge in [-0.05, 0) is 60.8 Å². The second kappa shape index (κ2) is 6.55. The molecule has 0 bridgehead atoms. The van der Waals surface area contributed by atoms with Crippen LogP contribution in [0.3, 0.4) is 0 Å². The Morgan fingerprint density at radius 3 is 2.78 bits per heavy atom. The number of halogens is 1. The van der Waals surface area contributed by atoms with Gasteiger partial charge in [0.15, 0.2) is 0 Å². The number of nitrogens with two attached hydrogens (primary N) is 1. The van der Waals surface area contributed by atoms with E-state index >= 15 is 0 Å². The summed E-state index contributed by atoms with van der Waals surface area (Å²) >= 11 is 2.03. The van der Waals surface area contributed by atoms with Crippen molar-refractivity contribution in [1.29, 1.82) is 0 Å². The average molecular weight is 268 g/mol. The van der Waals surface area contributed by atoms with Crippen molar-refractivity contribution in [2.75, 3.05) is 11.5 Å². The molecular weight excluding hydrogens is 247 g/mol. The summed E-state index contributed by atoms with van der Waals surface area (Å²) in [7, 11) is 0. The highest BCUT2D eigenvalue weighted by atomic mass is 32.2. The number of rotatable bonds is 4. The van der Waals surface area contributed by atoms with Gasteiger partial charge in [0.25, 0.3) is 0 Å². The van der Waals surface area contributed by atoms with E-state index in [0.29, 0.717) is 5.56 Å². The first-order valence-electron chi connectivity index (χ1n) is 6.50. The second-order valence-electron chi connectivity index (χ2n) is 5.02. The van der Waals surface area contributed by atoms with Gasteiger partial charge < -0.3 is 0 Å². The smallest absolute Gasteiger partial charge is 0.126 e. The molecule has 1 unspecified atom stereocenters. The fourth-order valence-electron chi connectivity index (χ4n) is 2.50. The van der Waals surface area contributed by atoms with E-state index in [9.17, 15) is 4.39 Å². The molecule has 1 aromatic rings. The molecule has 0 saturated carbocycles. The minimum atomic E-state index is -0.149. The molecule has 2 rings (SSSR count). The molecule has 1 atom stereocenters. The largest absolute Gasteiger partial charge is 0.271 e. The van der Waals surface area contributed by atoms with Gasteiger partial charge in [-0.25, -0.2) is 4.39 Å². The van der Waals surface area contributed by atoms with Gasteiger partial charge >= 0.3 is 0 Å². The summed E-state index contributed by atoms with van der Waals surface area (Å²) in [5, 5.41) is 0. The Balaban J connectivity index is 2.04. The summed E-state index contributed by atoms with van der Waals surface area (Å²) in [6.45, 7) is 1.80. The highest BCUT2D eigenvalue weighted by Gasteiger charge is 2.20. The average Bonchev–Trinajstić information content (AvgIpc) is 2.40. The molecule has 1 heterocycles. The fraction of sp³-hybridized carbons (Fsp3) is 0.571. The molecule has 1 saturated heterocycles. The summed E-state index contributed by atoms with van der Waals surface area (Å²) in [5.41, 5.74) is 4.66. The molecule has 0 aromatic heterocycles. The normalized spacial score (nSPS) is 18.8. The van der Waals surface area contributed by atoms with Gasteiger partial charge in [-0.1, -0.05) is 12.1 Å². The Bertz CT molecular complexity index is 391. The first-order chi connectivity index (χ1) is 8.70. The third kappa shape index (κ3) is 3.46. The monoisotopic (exact) mass is 268 g/mol. The van der Waals surface area contributed by atoms with Crippen LogP contribution in [0.15, 0.2) is 18.2 Å². The van der Waals surface area contributed by atoms with Crippen molar-refractivity contribution in [2.24, 2.45) is 11.8 Å². The molecule has 0 radical (unpaired) electrons. The number of nitrogens with one attached hydrogen (secondary N) is 1. The van der Waals surface area contributed by atoms with Crippen molar-refractivity contribution in [3.63, 3.8) is 0 Å². The van der Waals surface area contributed by atoms with E-state index in [1.54, 1.807) is 6.92 Å². The lowest BCUT2D eigenvalue weighted by molar-refractivity contribution is 0.373. The molecule has 1 aliphatic rings. The summed E-state index contributed by atoms with van der Waals surface area (Å²) < 4.78 is 13.3. The maximum Gasteiger partial charge on any atom is 0.126 e. The molecular formula is C14H21FN2S. The van der Waals surface area contributed by atoms with Crippen molar-refractivity contribution in [2.45, 2.75) is 32.2 Å². The van der Waals surface area contributed by atoms with E-state index in [4.69, 9.17) is 5.84 Å². The van der Waals surface area contributed by atoms with E-state index in [-0.39, 0.29) is 11.9 Å². The lowest BCUT2D eigenvalue weighted by atomic mass is 9.90. The van der Waals surface area contributed by atoms with Crippen LogP contribution in [0.25, 0.3) is 0 Å². The molecule has 0 amide bonds. The second-order valence-corrected chi connectivity index (χ2v) is 6.24. The Morgan fingerprint density at radius 2 is 2.17 bits per heavy atom. The van der Waals surface area contributed by atoms with Crippen molar-refractivity contribution >= 4 is 11.8 Å². The predicted octanol–water partition coefficient (Wildman–Crippen LogP) is 3.17. The molecule has 2 nitrogen and oxygen atoms in total. The molecule has 1 fully saturated rings. The number of hydrazine groups is 1. The van der Waals surface area contributed by atoms with Crippen LogP contribution in [0.5, 0.6) is 0 Å². The number of benzene rings is 1. The molecule has 0 aliphatic carbocycles. The van der Waals surface area contributed by atoms with Crippen LogP contribution in [0.1, 0.15) is 36.4 Å². The number of hydrogen-bond acceptors (Lipinski definition) is 3. The third-order valence-corrected chi connectivity index (χ3v) is 4.74. The SMILES string of the molecule is Cc1cc(C(CC2CCSCC2)NN)ccc1F. The van der Waals surface area contributed by atoms with Gasteiger partial charge in [0, 0.05) is 6.04 Å². The Hall–Kier alpha value is -0.580. The molecule has 4 heteroatoms. The third-order valence-electron chi connectivity index (χ3n) is 3.70. The van der Waals surface area contributed by atoms with Crippen LogP contribution in [-0.4, -0.2) is 11.5 Å². The molecule has 1 aromatic carbocycles. The highest BCUT2D eigenvalue weighted by Crippen LogP contribution is 2.31. The maximum absolute atomic E-state index is 13.3. The highest BCUT2D eigenvalue weighted by molar-refractivity contribution is 7.99. The van der Waals surface area contributed by atoms with Crippen LogP contribution < -0.4 is 11.3 Å². The summed E-state index contributed by atoms with van der Waals surface area (Å²) in [6, 6.07) is 5.41. The van der Waals surface area contributed by atoms with Crippen LogP contribution >= 0.6 is 11.8 Å². The summed E-state index contributed by atoms with van der Waals surface area (Å²) in [5.74, 6) is 8.75. The van der Waals surface area contributed by atoms with Crippen molar-refractivity contribution < 1.29 is 4.39 Å². The minimum Gasteiger partial charge on any atom is -0.271 e. The number of aryl methyl sites for hydroxylation is 1. The lowest BCUT2D eigenvalue weighted by Crippen LogP contribution is -2.30. The van der Waals surface area contributed by atoms with Gasteiger partial charge in [-0.15, -0.1) is 0 Å². The maximum atomic E-state index is 13.3. The van der Waals surface area contributed by atoms with Gasteiger partial charge in [-0.2, -0.15) is 11.8 Å². The van der Waals surface area contributed by atoms with Crippen LogP contribution in [-0.2, 0) is 0 Å². The summed E-state index contributed by atoms with van der Waals surface area (Å²) in [6.07, 6.45) is 3.58. The zero-order chi connectivity index (χ0) is 13.0. The molecule has 0 spiro atoms. The Labute approximate surface area is 112 Å². The predicted molar refractivity (Wildman–Crippen MR) is 75.9 cm³/mol. The van der Waals surface area contributed by atoms with Crippen LogP contribution in [0.4, 0.5) is 4.39 Å².